The molecule has 2 aliphatic rings. The summed E-state index contributed by atoms with van der Waals surface area (Å²) >= 11 is 0. The van der Waals surface area contributed by atoms with Gasteiger partial charge in [0.15, 0.2) is 0 Å². The average Bonchev–Trinajstić information content (AvgIpc) is 3.08. The van der Waals surface area contributed by atoms with Crippen LogP contribution in [0.5, 0.6) is 0 Å². The predicted molar refractivity (Wildman–Crippen MR) is 94.0 cm³/mol. The van der Waals surface area contributed by atoms with Crippen molar-refractivity contribution in [2.75, 3.05) is 19.7 Å². The van der Waals surface area contributed by atoms with Crippen molar-refractivity contribution < 1.29 is 14.3 Å². The van der Waals surface area contributed by atoms with Gasteiger partial charge in [-0.15, -0.1) is 0 Å². The van der Waals surface area contributed by atoms with E-state index in [1.807, 2.05) is 32.6 Å². The lowest BCUT2D eigenvalue weighted by molar-refractivity contribution is -0.152. The van der Waals surface area contributed by atoms with Crippen LogP contribution in [0.2, 0.25) is 0 Å². The van der Waals surface area contributed by atoms with Crippen molar-refractivity contribution in [3.63, 3.8) is 0 Å². The second kappa shape index (κ2) is 6.65. The van der Waals surface area contributed by atoms with E-state index in [4.69, 9.17) is 4.74 Å². The monoisotopic (exact) mass is 345 g/mol. The Morgan fingerprint density at radius 2 is 2.00 bits per heavy atom. The number of ether oxygens (including phenoxy) is 1. The van der Waals surface area contributed by atoms with Gasteiger partial charge in [0, 0.05) is 25.7 Å². The molecule has 4 atom stereocenters. The molecule has 0 bridgehead atoms. The lowest BCUT2D eigenvalue weighted by atomic mass is 9.72. The van der Waals surface area contributed by atoms with Gasteiger partial charge >= 0.3 is 5.97 Å². The first-order valence-corrected chi connectivity index (χ1v) is 8.99. The number of aryl methyl sites for hydroxylation is 2. The van der Waals surface area contributed by atoms with Crippen LogP contribution in [0.4, 0.5) is 0 Å². The normalized spacial score (nSPS) is 28.1. The molecule has 0 aromatic carbocycles. The number of nitrogens with zero attached hydrogens (tertiary/aromatic N) is 3. The molecule has 1 aliphatic heterocycles. The summed E-state index contributed by atoms with van der Waals surface area (Å²) in [5.74, 6) is 0.148. The van der Waals surface area contributed by atoms with Gasteiger partial charge in [-0.1, -0.05) is 19.1 Å². The van der Waals surface area contributed by atoms with Crippen molar-refractivity contribution in [1.29, 1.82) is 0 Å². The fraction of sp³-hybridized carbons (Fsp3) is 0.632. The molecule has 136 valence electrons. The molecule has 1 fully saturated rings. The number of amides is 1. The van der Waals surface area contributed by atoms with Crippen molar-refractivity contribution in [1.82, 2.24) is 14.7 Å². The van der Waals surface area contributed by atoms with E-state index in [1.165, 1.54) is 0 Å². The maximum atomic E-state index is 13.1. The van der Waals surface area contributed by atoms with Crippen molar-refractivity contribution in [2.24, 2.45) is 30.7 Å². The van der Waals surface area contributed by atoms with Crippen LogP contribution in [0, 0.1) is 37.5 Å². The zero-order valence-electron chi connectivity index (χ0n) is 15.7. The number of rotatable bonds is 3. The van der Waals surface area contributed by atoms with Crippen molar-refractivity contribution in [3.05, 3.63) is 29.1 Å². The average molecular weight is 345 g/mol. The Hall–Kier alpha value is -2.11. The van der Waals surface area contributed by atoms with Crippen LogP contribution < -0.4 is 0 Å². The number of carbonyl (C=O) groups is 2. The zero-order chi connectivity index (χ0) is 18.3. The molecule has 0 N–H and O–H groups in total. The maximum absolute atomic E-state index is 13.1. The number of fused-ring (bicyclic) bond motifs is 1. The van der Waals surface area contributed by atoms with E-state index in [0.29, 0.717) is 25.4 Å². The number of aromatic nitrogens is 2. The minimum absolute atomic E-state index is 0.00124. The number of hydrogen-bond donors (Lipinski definition) is 0. The van der Waals surface area contributed by atoms with E-state index in [9.17, 15) is 9.59 Å². The molecule has 0 spiro atoms. The minimum atomic E-state index is -0.179. The van der Waals surface area contributed by atoms with Crippen molar-refractivity contribution in [3.8, 4) is 0 Å². The summed E-state index contributed by atoms with van der Waals surface area (Å²) in [5.41, 5.74) is 2.44. The fourth-order valence-corrected chi connectivity index (χ4v) is 4.27. The highest BCUT2D eigenvalue weighted by atomic mass is 16.5. The summed E-state index contributed by atoms with van der Waals surface area (Å²) in [7, 11) is 1.81. The van der Waals surface area contributed by atoms with Crippen molar-refractivity contribution >= 4 is 11.9 Å². The quantitative estimate of drug-likeness (QED) is 0.622. The van der Waals surface area contributed by atoms with Gasteiger partial charge in [-0.05, 0) is 38.5 Å². The van der Waals surface area contributed by atoms with Crippen LogP contribution in [0.1, 0.15) is 35.6 Å². The number of likely N-dealkylation sites (tertiary alicyclic amines) is 1. The summed E-state index contributed by atoms with van der Waals surface area (Å²) in [6.45, 7) is 9.35. The molecular weight excluding hydrogens is 318 g/mol. The van der Waals surface area contributed by atoms with E-state index < -0.39 is 0 Å². The van der Waals surface area contributed by atoms with Gasteiger partial charge in [-0.2, -0.15) is 5.10 Å². The van der Waals surface area contributed by atoms with Gasteiger partial charge in [0.25, 0.3) is 5.91 Å². The molecule has 1 aliphatic carbocycles. The van der Waals surface area contributed by atoms with E-state index >= 15 is 0 Å². The van der Waals surface area contributed by atoms with E-state index in [0.717, 1.165) is 11.3 Å². The summed E-state index contributed by atoms with van der Waals surface area (Å²) in [4.78, 5) is 27.4. The SMILES string of the molecule is CCOC(=O)[C@@H]1[C@H]2CN(C(=O)c3c(C)c(C)nn3C)C[C@@H]2C=C[C@@H]1C. The topological polar surface area (TPSA) is 64.4 Å². The second-order valence-corrected chi connectivity index (χ2v) is 7.24. The molecule has 6 heteroatoms. The van der Waals surface area contributed by atoms with Gasteiger partial charge in [-0.25, -0.2) is 0 Å². The van der Waals surface area contributed by atoms with E-state index in [1.54, 1.807) is 11.7 Å². The van der Waals surface area contributed by atoms with E-state index in [-0.39, 0.29) is 35.5 Å². The highest BCUT2D eigenvalue weighted by Gasteiger charge is 2.46. The number of hydrogen-bond acceptors (Lipinski definition) is 4. The van der Waals surface area contributed by atoms with Crippen LogP contribution in [-0.2, 0) is 16.6 Å². The van der Waals surface area contributed by atoms with Crippen LogP contribution in [0.15, 0.2) is 12.2 Å². The molecule has 1 saturated heterocycles. The third-order valence-electron chi connectivity index (χ3n) is 5.67. The van der Waals surface area contributed by atoms with Gasteiger partial charge in [-0.3, -0.25) is 14.3 Å². The summed E-state index contributed by atoms with van der Waals surface area (Å²) in [5, 5.41) is 4.35. The summed E-state index contributed by atoms with van der Waals surface area (Å²) in [6.07, 6.45) is 4.26. The molecule has 2 heterocycles. The summed E-state index contributed by atoms with van der Waals surface area (Å²) < 4.78 is 6.95. The molecule has 0 radical (unpaired) electrons. The van der Waals surface area contributed by atoms with Gasteiger partial charge in [0.2, 0.25) is 0 Å². The third kappa shape index (κ3) is 2.98. The molecular formula is C19H27N3O3. The van der Waals surface area contributed by atoms with Crippen molar-refractivity contribution in [2.45, 2.75) is 27.7 Å². The number of allylic oxidation sites excluding steroid dienone is 1. The standard InChI is InChI=1S/C19H27N3O3/c1-6-25-19(24)16-11(2)7-8-14-9-22(10-15(14)16)18(23)17-12(3)13(4)20-21(17)5/h7-8,11,14-16H,6,9-10H2,1-5H3/t11-,14-,15-,16-/m0/s1. The van der Waals surface area contributed by atoms with Crippen LogP contribution in [0.25, 0.3) is 0 Å². The molecule has 1 amide bonds. The fourth-order valence-electron chi connectivity index (χ4n) is 4.27. The molecule has 0 unspecified atom stereocenters. The first-order valence-electron chi connectivity index (χ1n) is 8.99. The Balaban J connectivity index is 1.83. The predicted octanol–water partition coefficient (Wildman–Crippen LogP) is 2.11. The number of esters is 1. The smallest absolute Gasteiger partial charge is 0.309 e. The first-order chi connectivity index (χ1) is 11.8. The maximum Gasteiger partial charge on any atom is 0.309 e. The minimum Gasteiger partial charge on any atom is -0.466 e. The van der Waals surface area contributed by atoms with Crippen LogP contribution in [-0.4, -0.2) is 46.3 Å². The first kappa shape index (κ1) is 17.7. The van der Waals surface area contributed by atoms with Gasteiger partial charge in [0.05, 0.1) is 18.2 Å². The molecule has 1 aromatic heterocycles. The molecule has 6 nitrogen and oxygen atoms in total. The van der Waals surface area contributed by atoms with E-state index in [2.05, 4.69) is 17.3 Å². The molecule has 3 rings (SSSR count). The second-order valence-electron chi connectivity index (χ2n) is 7.24. The van der Waals surface area contributed by atoms with Crippen LogP contribution >= 0.6 is 0 Å². The zero-order valence-corrected chi connectivity index (χ0v) is 15.7. The Kier molecular flexibility index (Phi) is 4.71. The molecule has 25 heavy (non-hydrogen) atoms. The lowest BCUT2D eigenvalue weighted by Crippen LogP contribution is -2.37. The third-order valence-corrected chi connectivity index (χ3v) is 5.67. The van der Waals surface area contributed by atoms with Crippen LogP contribution in [0.3, 0.4) is 0 Å². The van der Waals surface area contributed by atoms with Gasteiger partial charge in [0.1, 0.15) is 5.69 Å². The largest absolute Gasteiger partial charge is 0.466 e. The number of carbonyl (C=O) groups excluding carboxylic acids is 2. The Morgan fingerprint density at radius 3 is 2.60 bits per heavy atom. The lowest BCUT2D eigenvalue weighted by Gasteiger charge is -2.31. The highest BCUT2D eigenvalue weighted by Crippen LogP contribution is 2.40. The molecule has 0 saturated carbocycles. The van der Waals surface area contributed by atoms with Gasteiger partial charge < -0.3 is 9.64 Å². The Labute approximate surface area is 148 Å². The Morgan fingerprint density at radius 1 is 1.28 bits per heavy atom. The molecule has 1 aromatic rings. The highest BCUT2D eigenvalue weighted by molar-refractivity contribution is 5.94. The summed E-state index contributed by atoms with van der Waals surface area (Å²) in [6, 6.07) is 0. The Bertz CT molecular complexity index is 722.